The third kappa shape index (κ3) is 5.82. The van der Waals surface area contributed by atoms with Crippen molar-refractivity contribution in [3.8, 4) is 28.7 Å². The number of aryl methyl sites for hydroxylation is 1. The lowest BCUT2D eigenvalue weighted by molar-refractivity contribution is -0.130. The van der Waals surface area contributed by atoms with E-state index in [9.17, 15) is 9.59 Å². The molecule has 2 amide bonds. The Morgan fingerprint density at radius 2 is 1.43 bits per heavy atom. The number of carbonyl (C=O) groups is 2. The maximum absolute atomic E-state index is 13.7. The average Bonchev–Trinajstić information content (AvgIpc) is 3.20. The number of rotatable bonds is 9. The van der Waals surface area contributed by atoms with E-state index in [2.05, 4.69) is 0 Å². The average molecular weight is 555 g/mol. The monoisotopic (exact) mass is 554 g/mol. The molecule has 40 heavy (non-hydrogen) atoms. The minimum atomic E-state index is -0.322. The van der Waals surface area contributed by atoms with Gasteiger partial charge in [-0.25, -0.2) is 0 Å². The van der Waals surface area contributed by atoms with Gasteiger partial charge in [0.1, 0.15) is 0 Å². The van der Waals surface area contributed by atoms with Gasteiger partial charge in [-0.2, -0.15) is 0 Å². The second kappa shape index (κ2) is 13.0. The third-order valence-electron chi connectivity index (χ3n) is 7.44. The van der Waals surface area contributed by atoms with Crippen LogP contribution in [0.4, 0.5) is 0 Å². The highest BCUT2D eigenvalue weighted by Gasteiger charge is 2.35. The Labute approximate surface area is 235 Å². The van der Waals surface area contributed by atoms with Crippen molar-refractivity contribution in [2.45, 2.75) is 25.3 Å². The number of piperazine rings is 1. The largest absolute Gasteiger partial charge is 0.493 e. The molecule has 2 aromatic rings. The number of nitrogens with zero attached hydrogens (tertiary/aromatic N) is 2. The van der Waals surface area contributed by atoms with Gasteiger partial charge in [-0.05, 0) is 60.7 Å². The van der Waals surface area contributed by atoms with Crippen LogP contribution >= 0.6 is 0 Å². The van der Waals surface area contributed by atoms with Gasteiger partial charge in [0.05, 0.1) is 48.2 Å². The topological polar surface area (TPSA) is 96.0 Å². The van der Waals surface area contributed by atoms with Crippen LogP contribution in [-0.4, -0.2) is 96.6 Å². The van der Waals surface area contributed by atoms with Crippen molar-refractivity contribution < 1.29 is 38.0 Å². The fraction of sp³-hybridized carbons (Fsp3) is 0.467. The quantitative estimate of drug-likeness (QED) is 0.465. The SMILES string of the molecule is COCC1CN(C(=O)C2=Cc3cc(OC)c(OC)cc3CCC2)CCN1C(=O)c1cc(OC)c(OC)c(OC)c1. The molecule has 0 radical (unpaired) electrons. The molecule has 2 aliphatic rings. The van der Waals surface area contributed by atoms with Crippen LogP contribution in [0.3, 0.4) is 0 Å². The Balaban J connectivity index is 1.56. The van der Waals surface area contributed by atoms with Crippen molar-refractivity contribution in [1.82, 2.24) is 9.80 Å². The summed E-state index contributed by atoms with van der Waals surface area (Å²) in [7, 11) is 9.35. The predicted molar refractivity (Wildman–Crippen MR) is 150 cm³/mol. The minimum absolute atomic E-state index is 0.0244. The zero-order chi connectivity index (χ0) is 28.8. The maximum Gasteiger partial charge on any atom is 0.254 e. The van der Waals surface area contributed by atoms with Gasteiger partial charge in [-0.1, -0.05) is 0 Å². The summed E-state index contributed by atoms with van der Waals surface area (Å²) in [6.45, 7) is 1.42. The number of carbonyl (C=O) groups excluding carboxylic acids is 2. The van der Waals surface area contributed by atoms with E-state index in [1.807, 2.05) is 23.1 Å². The molecule has 0 spiro atoms. The predicted octanol–water partition coefficient (Wildman–Crippen LogP) is 3.45. The Hall–Kier alpha value is -3.92. The van der Waals surface area contributed by atoms with Gasteiger partial charge in [0, 0.05) is 37.9 Å². The zero-order valence-corrected chi connectivity index (χ0v) is 24.1. The van der Waals surface area contributed by atoms with Gasteiger partial charge in [-0.3, -0.25) is 9.59 Å². The van der Waals surface area contributed by atoms with E-state index < -0.39 is 0 Å². The smallest absolute Gasteiger partial charge is 0.254 e. The van der Waals surface area contributed by atoms with E-state index in [0.29, 0.717) is 67.0 Å². The highest BCUT2D eigenvalue weighted by Crippen LogP contribution is 2.39. The summed E-state index contributed by atoms with van der Waals surface area (Å²) in [4.78, 5) is 31.0. The molecule has 1 saturated heterocycles. The molecule has 10 nitrogen and oxygen atoms in total. The van der Waals surface area contributed by atoms with Crippen LogP contribution in [0.2, 0.25) is 0 Å². The molecule has 1 unspecified atom stereocenters. The van der Waals surface area contributed by atoms with Gasteiger partial charge in [0.25, 0.3) is 5.91 Å². The van der Waals surface area contributed by atoms with Gasteiger partial charge < -0.3 is 38.2 Å². The lowest BCUT2D eigenvalue weighted by Gasteiger charge is -2.41. The zero-order valence-electron chi connectivity index (χ0n) is 24.1. The number of hydrogen-bond donors (Lipinski definition) is 0. The van der Waals surface area contributed by atoms with E-state index in [0.717, 1.165) is 29.5 Å². The van der Waals surface area contributed by atoms with Crippen LogP contribution < -0.4 is 23.7 Å². The first kappa shape index (κ1) is 29.1. The van der Waals surface area contributed by atoms with Crippen molar-refractivity contribution in [2.24, 2.45) is 0 Å². The molecule has 0 N–H and O–H groups in total. The van der Waals surface area contributed by atoms with E-state index in [1.54, 1.807) is 38.4 Å². The van der Waals surface area contributed by atoms with Crippen molar-refractivity contribution in [2.75, 3.05) is 68.9 Å². The summed E-state index contributed by atoms with van der Waals surface area (Å²) < 4.78 is 32.7. The Morgan fingerprint density at radius 1 is 0.775 bits per heavy atom. The molecule has 1 atom stereocenters. The highest BCUT2D eigenvalue weighted by atomic mass is 16.5. The summed E-state index contributed by atoms with van der Waals surface area (Å²) in [6.07, 6.45) is 4.32. The lowest BCUT2D eigenvalue weighted by Crippen LogP contribution is -2.58. The number of benzene rings is 2. The summed E-state index contributed by atoms with van der Waals surface area (Å²) in [5, 5.41) is 0. The molecular weight excluding hydrogens is 516 g/mol. The van der Waals surface area contributed by atoms with Crippen molar-refractivity contribution in [3.63, 3.8) is 0 Å². The summed E-state index contributed by atoms with van der Waals surface area (Å²) in [5.41, 5.74) is 3.23. The normalized spacial score (nSPS) is 16.9. The maximum atomic E-state index is 13.7. The second-order valence-electron chi connectivity index (χ2n) is 9.70. The van der Waals surface area contributed by atoms with E-state index in [1.165, 1.54) is 21.3 Å². The number of ether oxygens (including phenoxy) is 6. The minimum Gasteiger partial charge on any atom is -0.493 e. The van der Waals surface area contributed by atoms with Crippen molar-refractivity contribution >= 4 is 17.9 Å². The second-order valence-corrected chi connectivity index (χ2v) is 9.70. The standard InChI is InChI=1S/C30H38N2O8/c1-35-18-23-17-31(10-11-32(23)30(34)22-15-26(38-4)28(40-6)27(16-22)39-5)29(33)20-9-7-8-19-13-24(36-2)25(37-3)14-21(19)12-20/h12-16,23H,7-11,17-18H2,1-6H3. The number of amides is 2. The molecule has 0 aromatic heterocycles. The lowest BCUT2D eigenvalue weighted by atomic mass is 10.0. The molecule has 2 aromatic carbocycles. The molecule has 1 heterocycles. The van der Waals surface area contributed by atoms with Gasteiger partial charge in [0.15, 0.2) is 23.0 Å². The van der Waals surface area contributed by atoms with E-state index >= 15 is 0 Å². The highest BCUT2D eigenvalue weighted by molar-refractivity contribution is 5.99. The first-order valence-electron chi connectivity index (χ1n) is 13.2. The van der Waals surface area contributed by atoms with Crippen LogP contribution in [-0.2, 0) is 16.0 Å². The number of methoxy groups -OCH3 is 6. The molecule has 1 aliphatic carbocycles. The molecule has 1 fully saturated rings. The Kier molecular flexibility index (Phi) is 9.42. The molecule has 0 bridgehead atoms. The first-order chi connectivity index (χ1) is 19.4. The van der Waals surface area contributed by atoms with Gasteiger partial charge in [0.2, 0.25) is 11.7 Å². The van der Waals surface area contributed by atoms with Crippen LogP contribution in [0, 0.1) is 0 Å². The summed E-state index contributed by atoms with van der Waals surface area (Å²) in [6, 6.07) is 6.87. The summed E-state index contributed by atoms with van der Waals surface area (Å²) in [5.74, 6) is 2.31. The Bertz CT molecular complexity index is 1250. The molecular formula is C30H38N2O8. The van der Waals surface area contributed by atoms with Crippen molar-refractivity contribution in [1.29, 1.82) is 0 Å². The number of fused-ring (bicyclic) bond motifs is 1. The van der Waals surface area contributed by atoms with Gasteiger partial charge in [-0.15, -0.1) is 0 Å². The van der Waals surface area contributed by atoms with Crippen LogP contribution in [0.5, 0.6) is 28.7 Å². The molecule has 216 valence electrons. The first-order valence-corrected chi connectivity index (χ1v) is 13.2. The molecule has 10 heteroatoms. The third-order valence-corrected chi connectivity index (χ3v) is 7.44. The van der Waals surface area contributed by atoms with Gasteiger partial charge >= 0.3 is 0 Å². The van der Waals surface area contributed by atoms with E-state index in [4.69, 9.17) is 28.4 Å². The molecule has 4 rings (SSSR count). The molecule has 0 saturated carbocycles. The molecule has 1 aliphatic heterocycles. The van der Waals surface area contributed by atoms with Crippen molar-refractivity contribution in [3.05, 3.63) is 46.5 Å². The summed E-state index contributed by atoms with van der Waals surface area (Å²) >= 11 is 0. The van der Waals surface area contributed by atoms with E-state index in [-0.39, 0.29) is 17.9 Å². The number of hydrogen-bond acceptors (Lipinski definition) is 8. The van der Waals surface area contributed by atoms with Crippen LogP contribution in [0.25, 0.3) is 6.08 Å². The van der Waals surface area contributed by atoms with Crippen LogP contribution in [0.1, 0.15) is 34.3 Å². The van der Waals surface area contributed by atoms with Crippen LogP contribution in [0.15, 0.2) is 29.8 Å². The fourth-order valence-electron chi connectivity index (χ4n) is 5.40. The Morgan fingerprint density at radius 3 is 2.02 bits per heavy atom. The fourth-order valence-corrected chi connectivity index (χ4v) is 5.40.